The summed E-state index contributed by atoms with van der Waals surface area (Å²) in [4.78, 5) is 0. The molecule has 0 fully saturated rings. The first-order valence-corrected chi connectivity index (χ1v) is 8.62. The highest BCUT2D eigenvalue weighted by Crippen LogP contribution is 2.23. The predicted octanol–water partition coefficient (Wildman–Crippen LogP) is 2.66. The van der Waals surface area contributed by atoms with Gasteiger partial charge in [-0.1, -0.05) is 36.4 Å². The minimum atomic E-state index is -3.51. The summed E-state index contributed by atoms with van der Waals surface area (Å²) in [7, 11) is -0.299. The molecule has 2 rings (SSSR count). The van der Waals surface area contributed by atoms with Gasteiger partial charge < -0.3 is 9.47 Å². The van der Waals surface area contributed by atoms with Crippen LogP contribution in [0.2, 0.25) is 0 Å². The van der Waals surface area contributed by atoms with Gasteiger partial charge in [-0.25, -0.2) is 13.6 Å². The minimum absolute atomic E-state index is 0.163. The molecule has 2 N–H and O–H groups in total. The molecule has 122 valence electrons. The predicted molar refractivity (Wildman–Crippen MR) is 91.7 cm³/mol. The fourth-order valence-electron chi connectivity index (χ4n) is 2.08. The van der Waals surface area contributed by atoms with Crippen LogP contribution in [0.25, 0.3) is 12.2 Å². The van der Waals surface area contributed by atoms with Crippen molar-refractivity contribution in [3.8, 4) is 11.5 Å². The molecule has 0 aliphatic rings. The Morgan fingerprint density at radius 1 is 0.913 bits per heavy atom. The molecular weight excluding hydrogens is 314 g/mol. The molecule has 0 heterocycles. The zero-order valence-electron chi connectivity index (χ0n) is 13.0. The largest absolute Gasteiger partial charge is 0.497 e. The summed E-state index contributed by atoms with van der Waals surface area (Å²) < 4.78 is 32.6. The lowest BCUT2D eigenvalue weighted by Gasteiger charge is -2.06. The van der Waals surface area contributed by atoms with Gasteiger partial charge in [0.1, 0.15) is 11.5 Å². The molecule has 0 amide bonds. The highest BCUT2D eigenvalue weighted by molar-refractivity contribution is 7.88. The Labute approximate surface area is 136 Å². The maximum atomic E-state index is 11.1. The average Bonchev–Trinajstić information content (AvgIpc) is 2.52. The molecule has 0 spiro atoms. The number of rotatable bonds is 6. The molecule has 23 heavy (non-hydrogen) atoms. The Balaban J connectivity index is 2.17. The van der Waals surface area contributed by atoms with Crippen molar-refractivity contribution in [2.75, 3.05) is 14.2 Å². The number of benzene rings is 2. The summed E-state index contributed by atoms with van der Waals surface area (Å²) in [6, 6.07) is 12.8. The number of hydrogen-bond acceptors (Lipinski definition) is 4. The van der Waals surface area contributed by atoms with E-state index in [4.69, 9.17) is 14.6 Å². The summed E-state index contributed by atoms with van der Waals surface area (Å²) in [5.41, 5.74) is 2.55. The van der Waals surface area contributed by atoms with Crippen molar-refractivity contribution in [1.29, 1.82) is 0 Å². The number of hydrogen-bond donors (Lipinski definition) is 1. The SMILES string of the molecule is COc1cc(/C=C/c2ccc(CS(N)(=O)=O)cc2)cc(OC)c1. The summed E-state index contributed by atoms with van der Waals surface area (Å²) in [6.45, 7) is 0. The Hall–Kier alpha value is -2.31. The molecule has 5 nitrogen and oxygen atoms in total. The second kappa shape index (κ2) is 7.30. The van der Waals surface area contributed by atoms with Gasteiger partial charge in [-0.15, -0.1) is 0 Å². The van der Waals surface area contributed by atoms with E-state index in [9.17, 15) is 8.42 Å². The van der Waals surface area contributed by atoms with Crippen LogP contribution < -0.4 is 14.6 Å². The maximum Gasteiger partial charge on any atom is 0.213 e. The van der Waals surface area contributed by atoms with Crippen molar-refractivity contribution in [2.24, 2.45) is 5.14 Å². The van der Waals surface area contributed by atoms with Gasteiger partial charge >= 0.3 is 0 Å². The van der Waals surface area contributed by atoms with Crippen LogP contribution in [-0.2, 0) is 15.8 Å². The van der Waals surface area contributed by atoms with Gasteiger partial charge in [0.05, 0.1) is 20.0 Å². The van der Waals surface area contributed by atoms with Crippen molar-refractivity contribution in [3.63, 3.8) is 0 Å². The van der Waals surface area contributed by atoms with Crippen molar-refractivity contribution in [3.05, 3.63) is 59.2 Å². The van der Waals surface area contributed by atoms with E-state index in [1.54, 1.807) is 32.4 Å². The van der Waals surface area contributed by atoms with E-state index >= 15 is 0 Å². The zero-order valence-corrected chi connectivity index (χ0v) is 13.8. The summed E-state index contributed by atoms with van der Waals surface area (Å²) in [5.74, 6) is 1.27. The molecule has 0 aromatic heterocycles. The van der Waals surface area contributed by atoms with Crippen LogP contribution in [0, 0.1) is 0 Å². The van der Waals surface area contributed by atoms with Crippen LogP contribution in [0.4, 0.5) is 0 Å². The second-order valence-corrected chi connectivity index (χ2v) is 6.64. The molecule has 6 heteroatoms. The molecule has 0 aliphatic carbocycles. The van der Waals surface area contributed by atoms with Crippen LogP contribution in [0.5, 0.6) is 11.5 Å². The number of ether oxygens (including phenoxy) is 2. The third-order valence-corrected chi connectivity index (χ3v) is 3.93. The van der Waals surface area contributed by atoms with Gasteiger partial charge in [-0.2, -0.15) is 0 Å². The highest BCUT2D eigenvalue weighted by Gasteiger charge is 2.04. The fraction of sp³-hybridized carbons (Fsp3) is 0.176. The van der Waals surface area contributed by atoms with Crippen LogP contribution in [0.1, 0.15) is 16.7 Å². The van der Waals surface area contributed by atoms with E-state index in [0.717, 1.165) is 11.1 Å². The summed E-state index contributed by atoms with van der Waals surface area (Å²) in [6.07, 6.45) is 3.86. The Kier molecular flexibility index (Phi) is 5.41. The molecular formula is C17H19NO4S. The van der Waals surface area contributed by atoms with Crippen LogP contribution in [0.15, 0.2) is 42.5 Å². The van der Waals surface area contributed by atoms with E-state index in [1.807, 2.05) is 36.4 Å². The molecule has 0 saturated heterocycles. The van der Waals surface area contributed by atoms with Gasteiger partial charge in [-0.3, -0.25) is 0 Å². The Bertz CT molecular complexity index is 774. The molecule has 0 aliphatic heterocycles. The van der Waals surface area contributed by atoms with E-state index in [-0.39, 0.29) is 5.75 Å². The van der Waals surface area contributed by atoms with Crippen LogP contribution in [-0.4, -0.2) is 22.6 Å². The van der Waals surface area contributed by atoms with Crippen LogP contribution in [0.3, 0.4) is 0 Å². The lowest BCUT2D eigenvalue weighted by molar-refractivity contribution is 0.394. The van der Waals surface area contributed by atoms with Crippen molar-refractivity contribution in [2.45, 2.75) is 5.75 Å². The number of nitrogens with two attached hydrogens (primary N) is 1. The van der Waals surface area contributed by atoms with Crippen molar-refractivity contribution >= 4 is 22.2 Å². The lowest BCUT2D eigenvalue weighted by Crippen LogP contribution is -2.14. The standard InChI is InChI=1S/C17H19NO4S/c1-21-16-9-15(10-17(11-16)22-2)8-5-13-3-6-14(7-4-13)12-23(18,19)20/h3-11H,12H2,1-2H3,(H2,18,19,20)/b8-5+. The minimum Gasteiger partial charge on any atom is -0.497 e. The van der Waals surface area contributed by atoms with E-state index in [0.29, 0.717) is 17.1 Å². The van der Waals surface area contributed by atoms with Gasteiger partial charge in [-0.05, 0) is 28.8 Å². The van der Waals surface area contributed by atoms with Gasteiger partial charge in [0.15, 0.2) is 0 Å². The Morgan fingerprint density at radius 2 is 1.43 bits per heavy atom. The third kappa shape index (κ3) is 5.43. The monoisotopic (exact) mass is 333 g/mol. The van der Waals surface area contributed by atoms with E-state index < -0.39 is 10.0 Å². The lowest BCUT2D eigenvalue weighted by atomic mass is 10.1. The molecule has 2 aromatic rings. The van der Waals surface area contributed by atoms with Gasteiger partial charge in [0.2, 0.25) is 10.0 Å². The topological polar surface area (TPSA) is 78.6 Å². The van der Waals surface area contributed by atoms with Crippen molar-refractivity contribution < 1.29 is 17.9 Å². The molecule has 0 atom stereocenters. The van der Waals surface area contributed by atoms with E-state index in [1.165, 1.54) is 0 Å². The molecule has 0 radical (unpaired) electrons. The second-order valence-electron chi connectivity index (χ2n) is 5.03. The van der Waals surface area contributed by atoms with Gasteiger partial charge in [0.25, 0.3) is 0 Å². The van der Waals surface area contributed by atoms with Gasteiger partial charge in [0, 0.05) is 6.07 Å². The van der Waals surface area contributed by atoms with E-state index in [2.05, 4.69) is 0 Å². The highest BCUT2D eigenvalue weighted by atomic mass is 32.2. The third-order valence-electron chi connectivity index (χ3n) is 3.19. The molecule has 0 bridgehead atoms. The molecule has 0 unspecified atom stereocenters. The number of sulfonamides is 1. The molecule has 2 aromatic carbocycles. The first kappa shape index (κ1) is 17.1. The quantitative estimate of drug-likeness (QED) is 0.824. The first-order valence-electron chi connectivity index (χ1n) is 6.90. The van der Waals surface area contributed by atoms with Crippen LogP contribution >= 0.6 is 0 Å². The average molecular weight is 333 g/mol. The summed E-state index contributed by atoms with van der Waals surface area (Å²) >= 11 is 0. The fourth-order valence-corrected chi connectivity index (χ4v) is 2.73. The Morgan fingerprint density at radius 3 is 1.91 bits per heavy atom. The number of methoxy groups -OCH3 is 2. The summed E-state index contributed by atoms with van der Waals surface area (Å²) in [5, 5.41) is 5.03. The maximum absolute atomic E-state index is 11.1. The normalized spacial score (nSPS) is 11.6. The zero-order chi connectivity index (χ0) is 16.9. The molecule has 0 saturated carbocycles. The smallest absolute Gasteiger partial charge is 0.213 e. The number of primary sulfonamides is 1. The van der Waals surface area contributed by atoms with Crippen molar-refractivity contribution in [1.82, 2.24) is 0 Å². The first-order chi connectivity index (χ1) is 10.9.